The first-order valence-electron chi connectivity index (χ1n) is 9.76. The van der Waals surface area contributed by atoms with E-state index in [1.165, 1.54) is 0 Å². The number of amides is 2. The molecule has 1 atom stereocenters. The van der Waals surface area contributed by atoms with Crippen molar-refractivity contribution in [2.75, 3.05) is 13.1 Å². The van der Waals surface area contributed by atoms with Gasteiger partial charge in [0.05, 0.1) is 17.6 Å². The molecule has 1 aromatic heterocycles. The van der Waals surface area contributed by atoms with Gasteiger partial charge in [-0.2, -0.15) is 8.78 Å². The molecule has 8 heteroatoms. The quantitative estimate of drug-likeness (QED) is 0.759. The summed E-state index contributed by atoms with van der Waals surface area (Å²) in [6.45, 7) is -0.919. The third-order valence-electron chi connectivity index (χ3n) is 5.26. The molecule has 1 aliphatic rings. The predicted octanol–water partition coefficient (Wildman–Crippen LogP) is 3.35. The zero-order valence-electron chi connectivity index (χ0n) is 16.0. The first-order chi connectivity index (χ1) is 13.5. The summed E-state index contributed by atoms with van der Waals surface area (Å²) in [5, 5.41) is 5.37. The van der Waals surface area contributed by atoms with Crippen molar-refractivity contribution in [2.24, 2.45) is 5.92 Å². The number of hydrogen-bond acceptors (Lipinski definition) is 3. The summed E-state index contributed by atoms with van der Waals surface area (Å²) < 4.78 is 27.9. The number of fused-ring (bicyclic) bond motifs is 1. The molecule has 0 saturated heterocycles. The van der Waals surface area contributed by atoms with Crippen LogP contribution >= 0.6 is 0 Å². The molecule has 0 unspecified atom stereocenters. The van der Waals surface area contributed by atoms with Crippen LogP contribution in [0.5, 0.6) is 0 Å². The SMILES string of the molecule is C[C@@H](CNC(=O)CNC(=O)C1CCCCC1)c1nc2ccccc2n1C(F)F. The number of imidazole rings is 1. The number of para-hydroxylation sites is 2. The maximum atomic E-state index is 13.5. The van der Waals surface area contributed by atoms with Crippen LogP contribution in [0.15, 0.2) is 24.3 Å². The largest absolute Gasteiger partial charge is 0.354 e. The van der Waals surface area contributed by atoms with Gasteiger partial charge in [-0.15, -0.1) is 0 Å². The van der Waals surface area contributed by atoms with Crippen molar-refractivity contribution in [3.63, 3.8) is 0 Å². The van der Waals surface area contributed by atoms with E-state index in [1.54, 1.807) is 31.2 Å². The minimum atomic E-state index is -2.71. The Hall–Kier alpha value is -2.51. The highest BCUT2D eigenvalue weighted by molar-refractivity contribution is 5.85. The number of halogens is 2. The lowest BCUT2D eigenvalue weighted by Gasteiger charge is -2.20. The first-order valence-corrected chi connectivity index (χ1v) is 9.76. The van der Waals surface area contributed by atoms with Gasteiger partial charge in [0.25, 0.3) is 0 Å². The Bertz CT molecular complexity index is 831. The molecule has 0 spiro atoms. The highest BCUT2D eigenvalue weighted by atomic mass is 19.3. The Morgan fingerprint density at radius 3 is 2.61 bits per heavy atom. The molecule has 1 fully saturated rings. The molecule has 0 bridgehead atoms. The van der Waals surface area contributed by atoms with E-state index in [1.807, 2.05) is 0 Å². The van der Waals surface area contributed by atoms with Crippen LogP contribution in [0.25, 0.3) is 11.0 Å². The van der Waals surface area contributed by atoms with Crippen molar-refractivity contribution in [1.29, 1.82) is 0 Å². The van der Waals surface area contributed by atoms with Crippen molar-refractivity contribution >= 4 is 22.8 Å². The third kappa shape index (κ3) is 4.66. The van der Waals surface area contributed by atoms with Crippen LogP contribution in [-0.4, -0.2) is 34.5 Å². The topological polar surface area (TPSA) is 76.0 Å². The summed E-state index contributed by atoms with van der Waals surface area (Å²) in [5.41, 5.74) is 0.862. The molecule has 2 amide bonds. The van der Waals surface area contributed by atoms with Crippen molar-refractivity contribution in [1.82, 2.24) is 20.2 Å². The summed E-state index contributed by atoms with van der Waals surface area (Å²) in [6, 6.07) is 6.72. The highest BCUT2D eigenvalue weighted by Gasteiger charge is 2.23. The smallest absolute Gasteiger partial charge is 0.320 e. The van der Waals surface area contributed by atoms with Crippen molar-refractivity contribution < 1.29 is 18.4 Å². The lowest BCUT2D eigenvalue weighted by atomic mass is 9.89. The minimum absolute atomic E-state index is 0.00794. The fraction of sp³-hybridized carbons (Fsp3) is 0.550. The molecule has 0 aliphatic heterocycles. The monoisotopic (exact) mass is 392 g/mol. The van der Waals surface area contributed by atoms with Gasteiger partial charge in [-0.1, -0.05) is 38.3 Å². The number of carbonyl (C=O) groups is 2. The number of nitrogens with one attached hydrogen (secondary N) is 2. The number of benzene rings is 1. The number of rotatable bonds is 7. The number of nitrogens with zero attached hydrogens (tertiary/aromatic N) is 2. The second-order valence-corrected chi connectivity index (χ2v) is 7.36. The van der Waals surface area contributed by atoms with E-state index in [0.29, 0.717) is 11.0 Å². The molecule has 2 aromatic rings. The lowest BCUT2D eigenvalue weighted by Crippen LogP contribution is -2.41. The lowest BCUT2D eigenvalue weighted by molar-refractivity contribution is -0.129. The Kier molecular flexibility index (Phi) is 6.59. The van der Waals surface area contributed by atoms with Crippen LogP contribution in [0, 0.1) is 5.92 Å². The van der Waals surface area contributed by atoms with Crippen LogP contribution in [0.2, 0.25) is 0 Å². The molecule has 1 saturated carbocycles. The molecule has 2 N–H and O–H groups in total. The molecule has 3 rings (SSSR count). The van der Waals surface area contributed by atoms with E-state index >= 15 is 0 Å². The van der Waals surface area contributed by atoms with Crippen LogP contribution in [-0.2, 0) is 9.59 Å². The van der Waals surface area contributed by atoms with E-state index in [0.717, 1.165) is 36.7 Å². The molecular weight excluding hydrogens is 366 g/mol. The van der Waals surface area contributed by atoms with Crippen LogP contribution in [0.4, 0.5) is 8.78 Å². The summed E-state index contributed by atoms with van der Waals surface area (Å²) in [6.07, 6.45) is 4.99. The van der Waals surface area contributed by atoms with Crippen LogP contribution in [0.1, 0.15) is 57.3 Å². The van der Waals surface area contributed by atoms with Crippen LogP contribution < -0.4 is 10.6 Å². The third-order valence-corrected chi connectivity index (χ3v) is 5.26. The summed E-state index contributed by atoms with van der Waals surface area (Å²) >= 11 is 0. The molecule has 28 heavy (non-hydrogen) atoms. The average Bonchev–Trinajstić information content (AvgIpc) is 3.10. The molecule has 6 nitrogen and oxygen atoms in total. The van der Waals surface area contributed by atoms with Gasteiger partial charge in [-0.25, -0.2) is 4.98 Å². The van der Waals surface area contributed by atoms with Crippen LogP contribution in [0.3, 0.4) is 0 Å². The van der Waals surface area contributed by atoms with E-state index < -0.39 is 12.5 Å². The van der Waals surface area contributed by atoms with Gasteiger partial charge < -0.3 is 10.6 Å². The summed E-state index contributed by atoms with van der Waals surface area (Å²) in [5.74, 6) is -0.605. The standard InChI is InChI=1S/C20H26F2N4O2/c1-13(18-25-15-9-5-6-10-16(15)26(18)20(21)22)11-23-17(27)12-24-19(28)14-7-3-2-4-8-14/h5-6,9-10,13-14,20H,2-4,7-8,11-12H2,1H3,(H,23,27)(H,24,28)/t13-/m0/s1. The number of aromatic nitrogens is 2. The number of carbonyl (C=O) groups excluding carboxylic acids is 2. The first kappa shape index (κ1) is 20.2. The van der Waals surface area contributed by atoms with E-state index in [2.05, 4.69) is 15.6 Å². The summed E-state index contributed by atoms with van der Waals surface area (Å²) in [7, 11) is 0. The molecule has 1 heterocycles. The van der Waals surface area contributed by atoms with Crippen molar-refractivity contribution in [3.8, 4) is 0 Å². The highest BCUT2D eigenvalue weighted by Crippen LogP contribution is 2.27. The zero-order valence-corrected chi connectivity index (χ0v) is 16.0. The van der Waals surface area contributed by atoms with Gasteiger partial charge >= 0.3 is 6.55 Å². The minimum Gasteiger partial charge on any atom is -0.354 e. The summed E-state index contributed by atoms with van der Waals surface area (Å²) in [4.78, 5) is 28.5. The number of alkyl halides is 2. The molecule has 0 radical (unpaired) electrons. The van der Waals surface area contributed by atoms with E-state index in [-0.39, 0.29) is 36.6 Å². The van der Waals surface area contributed by atoms with Gasteiger partial charge in [0.15, 0.2) is 0 Å². The molecule has 1 aliphatic carbocycles. The fourth-order valence-corrected chi connectivity index (χ4v) is 3.71. The van der Waals surface area contributed by atoms with Gasteiger partial charge in [0, 0.05) is 18.4 Å². The molecule has 1 aromatic carbocycles. The predicted molar refractivity (Wildman–Crippen MR) is 102 cm³/mol. The zero-order chi connectivity index (χ0) is 20.1. The Labute approximate surface area is 162 Å². The van der Waals surface area contributed by atoms with Gasteiger partial charge in [0.2, 0.25) is 11.8 Å². The maximum absolute atomic E-state index is 13.5. The van der Waals surface area contributed by atoms with Gasteiger partial charge in [0.1, 0.15) is 5.82 Å². The average molecular weight is 392 g/mol. The molecular formula is C20H26F2N4O2. The second kappa shape index (κ2) is 9.12. The normalized spacial score (nSPS) is 16.3. The van der Waals surface area contributed by atoms with Crippen molar-refractivity contribution in [3.05, 3.63) is 30.1 Å². The van der Waals surface area contributed by atoms with Gasteiger partial charge in [-0.05, 0) is 25.0 Å². The van der Waals surface area contributed by atoms with E-state index in [9.17, 15) is 18.4 Å². The fourth-order valence-electron chi connectivity index (χ4n) is 3.71. The van der Waals surface area contributed by atoms with Crippen molar-refractivity contribution in [2.45, 2.75) is 51.5 Å². The maximum Gasteiger partial charge on any atom is 0.320 e. The van der Waals surface area contributed by atoms with E-state index in [4.69, 9.17) is 0 Å². The Balaban J connectivity index is 1.54. The number of hydrogen-bond donors (Lipinski definition) is 2. The Morgan fingerprint density at radius 2 is 1.89 bits per heavy atom. The van der Waals surface area contributed by atoms with Gasteiger partial charge in [-0.3, -0.25) is 14.2 Å². The second-order valence-electron chi connectivity index (χ2n) is 7.36. The molecule has 152 valence electrons. The Morgan fingerprint density at radius 1 is 1.18 bits per heavy atom.